The van der Waals surface area contributed by atoms with Gasteiger partial charge in [0, 0.05) is 5.69 Å². The van der Waals surface area contributed by atoms with E-state index in [2.05, 4.69) is 28.8 Å². The summed E-state index contributed by atoms with van der Waals surface area (Å²) in [5.41, 5.74) is 3.49. The van der Waals surface area contributed by atoms with Crippen LogP contribution in [-0.2, 0) is 17.6 Å². The van der Waals surface area contributed by atoms with E-state index in [1.807, 2.05) is 14.1 Å². The summed E-state index contributed by atoms with van der Waals surface area (Å²) in [7, 11) is 3.80. The first-order valence-electron chi connectivity index (χ1n) is 5.97. The zero-order chi connectivity index (χ0) is 12.3. The molecule has 1 heterocycles. The molecule has 0 fully saturated rings. The summed E-state index contributed by atoms with van der Waals surface area (Å²) in [6, 6.07) is 6.32. The first kappa shape index (κ1) is 12.1. The molecular formula is C13H19N3O. The monoisotopic (exact) mass is 233 g/mol. The second-order valence-corrected chi connectivity index (χ2v) is 4.33. The maximum atomic E-state index is 11.8. The molecule has 0 saturated heterocycles. The fourth-order valence-corrected chi connectivity index (χ4v) is 2.19. The third kappa shape index (κ3) is 2.48. The Labute approximate surface area is 102 Å². The van der Waals surface area contributed by atoms with Crippen molar-refractivity contribution in [3.05, 3.63) is 29.3 Å². The lowest BCUT2D eigenvalue weighted by molar-refractivity contribution is -0.117. The number of anilines is 1. The number of likely N-dealkylation sites (N-methyl/N-ethyl adjacent to an activating group) is 1. The molecule has 1 aromatic carbocycles. The molecule has 1 amide bonds. The summed E-state index contributed by atoms with van der Waals surface area (Å²) in [6.07, 6.45) is 1.54. The van der Waals surface area contributed by atoms with E-state index >= 15 is 0 Å². The molecule has 1 aliphatic rings. The highest BCUT2D eigenvalue weighted by molar-refractivity contribution is 6.01. The molecule has 0 aliphatic carbocycles. The highest BCUT2D eigenvalue weighted by Gasteiger charge is 2.26. The SMILES string of the molecule is CNCCc1ccc2c(c1)CC(=O)N2CNC. The minimum absolute atomic E-state index is 0.181. The Hall–Kier alpha value is -1.39. The number of amides is 1. The fourth-order valence-electron chi connectivity index (χ4n) is 2.19. The Kier molecular flexibility index (Phi) is 3.76. The summed E-state index contributed by atoms with van der Waals surface area (Å²) in [5.74, 6) is 0.181. The Morgan fingerprint density at radius 1 is 1.29 bits per heavy atom. The molecular weight excluding hydrogens is 214 g/mol. The van der Waals surface area contributed by atoms with Gasteiger partial charge in [0.25, 0.3) is 0 Å². The molecule has 0 atom stereocenters. The van der Waals surface area contributed by atoms with E-state index in [0.29, 0.717) is 13.1 Å². The van der Waals surface area contributed by atoms with Crippen LogP contribution in [0, 0.1) is 0 Å². The molecule has 92 valence electrons. The van der Waals surface area contributed by atoms with Crippen LogP contribution in [0.2, 0.25) is 0 Å². The predicted molar refractivity (Wildman–Crippen MR) is 69.2 cm³/mol. The van der Waals surface area contributed by atoms with E-state index in [9.17, 15) is 4.79 Å². The molecule has 1 aliphatic heterocycles. The van der Waals surface area contributed by atoms with Gasteiger partial charge in [-0.2, -0.15) is 0 Å². The first-order chi connectivity index (χ1) is 8.26. The molecule has 0 aromatic heterocycles. The van der Waals surface area contributed by atoms with Crippen molar-refractivity contribution in [2.24, 2.45) is 0 Å². The Bertz CT molecular complexity index is 417. The van der Waals surface area contributed by atoms with Crippen molar-refractivity contribution in [1.29, 1.82) is 0 Å². The Balaban J connectivity index is 2.18. The number of hydrogen-bond donors (Lipinski definition) is 2. The van der Waals surface area contributed by atoms with Crippen LogP contribution in [0.15, 0.2) is 18.2 Å². The molecule has 4 heteroatoms. The van der Waals surface area contributed by atoms with Crippen molar-refractivity contribution >= 4 is 11.6 Å². The molecule has 0 bridgehead atoms. The van der Waals surface area contributed by atoms with Gasteiger partial charge in [0.15, 0.2) is 0 Å². The van der Waals surface area contributed by atoms with Crippen molar-refractivity contribution in [1.82, 2.24) is 10.6 Å². The van der Waals surface area contributed by atoms with E-state index in [-0.39, 0.29) is 5.91 Å². The lowest BCUT2D eigenvalue weighted by atomic mass is 10.1. The molecule has 2 rings (SSSR count). The van der Waals surface area contributed by atoms with E-state index in [1.165, 1.54) is 5.56 Å². The first-order valence-corrected chi connectivity index (χ1v) is 5.97. The Morgan fingerprint density at radius 2 is 2.12 bits per heavy atom. The van der Waals surface area contributed by atoms with Crippen molar-refractivity contribution < 1.29 is 4.79 Å². The maximum absolute atomic E-state index is 11.8. The van der Waals surface area contributed by atoms with Crippen LogP contribution >= 0.6 is 0 Å². The number of nitrogens with zero attached hydrogens (tertiary/aromatic N) is 1. The molecule has 0 radical (unpaired) electrons. The van der Waals surface area contributed by atoms with Gasteiger partial charge in [0.05, 0.1) is 13.1 Å². The second kappa shape index (κ2) is 5.29. The van der Waals surface area contributed by atoms with E-state index in [1.54, 1.807) is 4.90 Å². The average molecular weight is 233 g/mol. The Morgan fingerprint density at radius 3 is 2.82 bits per heavy atom. The topological polar surface area (TPSA) is 44.4 Å². The number of rotatable bonds is 5. The zero-order valence-electron chi connectivity index (χ0n) is 10.4. The zero-order valence-corrected chi connectivity index (χ0v) is 10.4. The van der Waals surface area contributed by atoms with Crippen LogP contribution in [0.5, 0.6) is 0 Å². The summed E-state index contributed by atoms with van der Waals surface area (Å²) >= 11 is 0. The predicted octanol–water partition coefficient (Wildman–Crippen LogP) is 0.515. The van der Waals surface area contributed by atoms with Gasteiger partial charge in [0.1, 0.15) is 0 Å². The number of hydrogen-bond acceptors (Lipinski definition) is 3. The maximum Gasteiger partial charge on any atom is 0.232 e. The number of nitrogens with one attached hydrogen (secondary N) is 2. The molecule has 17 heavy (non-hydrogen) atoms. The highest BCUT2D eigenvalue weighted by atomic mass is 16.2. The molecule has 0 unspecified atom stereocenters. The van der Waals surface area contributed by atoms with Crippen LogP contribution < -0.4 is 15.5 Å². The van der Waals surface area contributed by atoms with Gasteiger partial charge in [0.2, 0.25) is 5.91 Å². The van der Waals surface area contributed by atoms with Crippen molar-refractivity contribution in [2.45, 2.75) is 12.8 Å². The van der Waals surface area contributed by atoms with Gasteiger partial charge < -0.3 is 10.6 Å². The van der Waals surface area contributed by atoms with Crippen molar-refractivity contribution in [3.8, 4) is 0 Å². The van der Waals surface area contributed by atoms with Crippen molar-refractivity contribution in [3.63, 3.8) is 0 Å². The van der Waals surface area contributed by atoms with Gasteiger partial charge in [-0.15, -0.1) is 0 Å². The highest BCUT2D eigenvalue weighted by Crippen LogP contribution is 2.29. The van der Waals surface area contributed by atoms with Crippen LogP contribution in [0.1, 0.15) is 11.1 Å². The van der Waals surface area contributed by atoms with Gasteiger partial charge in [-0.05, 0) is 44.3 Å². The third-order valence-corrected chi connectivity index (χ3v) is 3.06. The lowest BCUT2D eigenvalue weighted by Crippen LogP contribution is -2.34. The number of benzene rings is 1. The molecule has 4 nitrogen and oxygen atoms in total. The summed E-state index contributed by atoms with van der Waals surface area (Å²) in [5, 5.41) is 6.16. The summed E-state index contributed by atoms with van der Waals surface area (Å²) in [6.45, 7) is 1.55. The molecule has 1 aromatic rings. The standard InChI is InChI=1S/C13H19N3O/c1-14-6-5-10-3-4-12-11(7-10)8-13(17)16(12)9-15-2/h3-4,7,14-15H,5-6,8-9H2,1-2H3. The number of carbonyl (C=O) groups excluding carboxylic acids is 1. The summed E-state index contributed by atoms with van der Waals surface area (Å²) in [4.78, 5) is 13.6. The van der Waals surface area contributed by atoms with E-state index < -0.39 is 0 Å². The van der Waals surface area contributed by atoms with Gasteiger partial charge in [-0.1, -0.05) is 12.1 Å². The normalized spacial score (nSPS) is 14.2. The van der Waals surface area contributed by atoms with E-state index in [4.69, 9.17) is 0 Å². The number of carbonyl (C=O) groups is 1. The molecule has 0 saturated carbocycles. The van der Waals surface area contributed by atoms with E-state index in [0.717, 1.165) is 24.2 Å². The largest absolute Gasteiger partial charge is 0.319 e. The van der Waals surface area contributed by atoms with Crippen LogP contribution in [-0.4, -0.2) is 33.2 Å². The van der Waals surface area contributed by atoms with Crippen LogP contribution in [0.3, 0.4) is 0 Å². The minimum atomic E-state index is 0.181. The quantitative estimate of drug-likeness (QED) is 0.779. The average Bonchev–Trinajstić information content (AvgIpc) is 2.63. The fraction of sp³-hybridized carbons (Fsp3) is 0.462. The van der Waals surface area contributed by atoms with Crippen LogP contribution in [0.25, 0.3) is 0 Å². The lowest BCUT2D eigenvalue weighted by Gasteiger charge is -2.16. The van der Waals surface area contributed by atoms with Crippen LogP contribution in [0.4, 0.5) is 5.69 Å². The third-order valence-electron chi connectivity index (χ3n) is 3.06. The summed E-state index contributed by atoms with van der Waals surface area (Å²) < 4.78 is 0. The minimum Gasteiger partial charge on any atom is -0.319 e. The molecule has 0 spiro atoms. The van der Waals surface area contributed by atoms with Gasteiger partial charge in [-0.25, -0.2) is 0 Å². The van der Waals surface area contributed by atoms with Gasteiger partial charge in [-0.3, -0.25) is 9.69 Å². The number of fused-ring (bicyclic) bond motifs is 1. The smallest absolute Gasteiger partial charge is 0.232 e. The van der Waals surface area contributed by atoms with Crippen molar-refractivity contribution in [2.75, 3.05) is 32.2 Å². The van der Waals surface area contributed by atoms with Gasteiger partial charge >= 0.3 is 0 Å². The molecule has 2 N–H and O–H groups in total. The second-order valence-electron chi connectivity index (χ2n) is 4.33.